The van der Waals surface area contributed by atoms with Gasteiger partial charge in [-0.2, -0.15) is 0 Å². The van der Waals surface area contributed by atoms with Crippen LogP contribution in [0.5, 0.6) is 0 Å². The molecule has 0 atom stereocenters. The molecule has 2 heteroatoms. The van der Waals surface area contributed by atoms with E-state index in [-0.39, 0.29) is 0 Å². The highest BCUT2D eigenvalue weighted by Crippen LogP contribution is 2.06. The van der Waals surface area contributed by atoms with E-state index in [1.54, 1.807) is 13.8 Å². The average Bonchev–Trinajstić information content (AvgIpc) is 1.58. The third kappa shape index (κ3) is 5.22. The van der Waals surface area contributed by atoms with Crippen LogP contribution in [0.15, 0.2) is 36.0 Å². The third-order valence-electron chi connectivity index (χ3n) is 0.721. The van der Waals surface area contributed by atoms with E-state index >= 15 is 0 Å². The normalized spacial score (nSPS) is 11.0. The van der Waals surface area contributed by atoms with E-state index in [9.17, 15) is 8.78 Å². The van der Waals surface area contributed by atoms with Crippen LogP contribution in [0.25, 0.3) is 0 Å². The summed E-state index contributed by atoms with van der Waals surface area (Å²) in [4.78, 5) is 0. The molecule has 0 heterocycles. The standard InChI is InChI=1S/C8H10F2/c1-6(2)4-8(10)5-7(3)9/h4-5H,3H2,1-2H3/b8-5+. The maximum atomic E-state index is 12.4. The molecule has 0 aliphatic heterocycles. The first-order valence-corrected chi connectivity index (χ1v) is 2.89. The van der Waals surface area contributed by atoms with Gasteiger partial charge in [0.05, 0.1) is 0 Å². The Morgan fingerprint density at radius 3 is 2.00 bits per heavy atom. The van der Waals surface area contributed by atoms with Crippen molar-refractivity contribution in [2.45, 2.75) is 13.8 Å². The highest BCUT2D eigenvalue weighted by atomic mass is 19.1. The van der Waals surface area contributed by atoms with Crippen LogP contribution in [-0.2, 0) is 0 Å². The summed E-state index contributed by atoms with van der Waals surface area (Å²) in [6, 6.07) is 0. The van der Waals surface area contributed by atoms with E-state index in [1.165, 1.54) is 6.08 Å². The summed E-state index contributed by atoms with van der Waals surface area (Å²) < 4.78 is 24.3. The Morgan fingerprint density at radius 2 is 1.70 bits per heavy atom. The molecule has 0 spiro atoms. The summed E-state index contributed by atoms with van der Waals surface area (Å²) in [6.07, 6.45) is 1.98. The van der Waals surface area contributed by atoms with E-state index in [0.29, 0.717) is 0 Å². The minimum atomic E-state index is -0.769. The van der Waals surface area contributed by atoms with Gasteiger partial charge in [0.1, 0.15) is 11.7 Å². The largest absolute Gasteiger partial charge is 0.208 e. The highest BCUT2D eigenvalue weighted by Gasteiger charge is 1.89. The van der Waals surface area contributed by atoms with Gasteiger partial charge in [0, 0.05) is 6.08 Å². The van der Waals surface area contributed by atoms with Crippen LogP contribution in [0.2, 0.25) is 0 Å². The number of allylic oxidation sites excluding steroid dienone is 5. The molecule has 0 aromatic carbocycles. The van der Waals surface area contributed by atoms with Crippen LogP contribution >= 0.6 is 0 Å². The van der Waals surface area contributed by atoms with Crippen molar-refractivity contribution in [3.63, 3.8) is 0 Å². The van der Waals surface area contributed by atoms with Gasteiger partial charge >= 0.3 is 0 Å². The molecule has 0 fully saturated rings. The van der Waals surface area contributed by atoms with Crippen molar-refractivity contribution in [2.75, 3.05) is 0 Å². The van der Waals surface area contributed by atoms with Crippen molar-refractivity contribution in [1.82, 2.24) is 0 Å². The van der Waals surface area contributed by atoms with E-state index in [0.717, 1.165) is 11.6 Å². The molecule has 0 unspecified atom stereocenters. The molecule has 56 valence electrons. The predicted molar refractivity (Wildman–Crippen MR) is 38.9 cm³/mol. The minimum absolute atomic E-state index is 0.604. The molecule has 0 nitrogen and oxygen atoms in total. The first kappa shape index (κ1) is 9.08. The average molecular weight is 144 g/mol. The van der Waals surface area contributed by atoms with Crippen molar-refractivity contribution >= 4 is 0 Å². The Hall–Kier alpha value is -0.920. The van der Waals surface area contributed by atoms with Crippen LogP contribution in [0, 0.1) is 0 Å². The van der Waals surface area contributed by atoms with Crippen LogP contribution in [0.4, 0.5) is 8.78 Å². The molecular weight excluding hydrogens is 134 g/mol. The first-order valence-electron chi connectivity index (χ1n) is 2.89. The fourth-order valence-electron chi connectivity index (χ4n) is 0.467. The molecular formula is C8H10F2. The summed E-state index contributed by atoms with van der Waals surface area (Å²) in [6.45, 7) is 6.35. The molecule has 0 saturated carbocycles. The third-order valence-corrected chi connectivity index (χ3v) is 0.721. The number of halogens is 2. The minimum Gasteiger partial charge on any atom is -0.208 e. The second kappa shape index (κ2) is 3.99. The lowest BCUT2D eigenvalue weighted by atomic mass is 10.3. The molecule has 0 aliphatic rings. The van der Waals surface area contributed by atoms with Gasteiger partial charge in [-0.15, -0.1) is 0 Å². The van der Waals surface area contributed by atoms with Crippen LogP contribution in [0.1, 0.15) is 13.8 Å². The summed E-state index contributed by atoms with van der Waals surface area (Å²) >= 11 is 0. The Labute approximate surface area is 59.6 Å². The lowest BCUT2D eigenvalue weighted by Gasteiger charge is -1.87. The molecule has 0 aliphatic carbocycles. The second-order valence-electron chi connectivity index (χ2n) is 2.20. The van der Waals surface area contributed by atoms with E-state index in [2.05, 4.69) is 6.58 Å². The van der Waals surface area contributed by atoms with Gasteiger partial charge < -0.3 is 0 Å². The zero-order valence-corrected chi connectivity index (χ0v) is 6.12. The van der Waals surface area contributed by atoms with Crippen LogP contribution < -0.4 is 0 Å². The van der Waals surface area contributed by atoms with Gasteiger partial charge in [-0.1, -0.05) is 12.2 Å². The SMILES string of the molecule is C=C(F)/C=C(/F)C=C(C)C. The molecule has 0 radical (unpaired) electrons. The van der Waals surface area contributed by atoms with Crippen molar-refractivity contribution in [3.8, 4) is 0 Å². The molecule has 0 saturated heterocycles. The first-order chi connectivity index (χ1) is 4.52. The Bertz CT molecular complexity index is 183. The zero-order valence-electron chi connectivity index (χ0n) is 6.12. The second-order valence-corrected chi connectivity index (χ2v) is 2.20. The van der Waals surface area contributed by atoms with E-state index in [4.69, 9.17) is 0 Å². The maximum absolute atomic E-state index is 12.4. The Morgan fingerprint density at radius 1 is 1.20 bits per heavy atom. The van der Waals surface area contributed by atoms with E-state index < -0.39 is 11.7 Å². The summed E-state index contributed by atoms with van der Waals surface area (Å²) in [7, 11) is 0. The quantitative estimate of drug-likeness (QED) is 0.521. The van der Waals surface area contributed by atoms with Crippen molar-refractivity contribution in [1.29, 1.82) is 0 Å². The lowest BCUT2D eigenvalue weighted by molar-refractivity contribution is 0.632. The Kier molecular flexibility index (Phi) is 3.62. The smallest absolute Gasteiger partial charge is 0.126 e. The molecule has 0 rings (SSSR count). The van der Waals surface area contributed by atoms with E-state index in [1.807, 2.05) is 0 Å². The van der Waals surface area contributed by atoms with Gasteiger partial charge in [-0.05, 0) is 19.9 Å². The van der Waals surface area contributed by atoms with Gasteiger partial charge in [-0.3, -0.25) is 0 Å². The lowest BCUT2D eigenvalue weighted by Crippen LogP contribution is -1.69. The van der Waals surface area contributed by atoms with Gasteiger partial charge in [0.2, 0.25) is 0 Å². The summed E-state index contributed by atoms with van der Waals surface area (Å²) in [5, 5.41) is 0. The molecule has 0 amide bonds. The van der Waals surface area contributed by atoms with Crippen molar-refractivity contribution < 1.29 is 8.78 Å². The fourth-order valence-corrected chi connectivity index (χ4v) is 0.467. The number of rotatable bonds is 2. The predicted octanol–water partition coefficient (Wildman–Crippen LogP) is 3.29. The zero-order chi connectivity index (χ0) is 8.15. The topological polar surface area (TPSA) is 0 Å². The van der Waals surface area contributed by atoms with Crippen LogP contribution in [-0.4, -0.2) is 0 Å². The summed E-state index contributed by atoms with van der Waals surface area (Å²) in [5.74, 6) is -1.37. The molecule has 0 N–H and O–H groups in total. The Balaban J connectivity index is 4.22. The highest BCUT2D eigenvalue weighted by molar-refractivity contribution is 5.21. The van der Waals surface area contributed by atoms with Crippen molar-refractivity contribution in [3.05, 3.63) is 36.0 Å². The monoisotopic (exact) mass is 144 g/mol. The molecule has 10 heavy (non-hydrogen) atoms. The summed E-state index contributed by atoms with van der Waals surface area (Å²) in [5.41, 5.74) is 0.787. The maximum Gasteiger partial charge on any atom is 0.126 e. The molecule has 0 aromatic rings. The van der Waals surface area contributed by atoms with Crippen molar-refractivity contribution in [2.24, 2.45) is 0 Å². The molecule has 0 aromatic heterocycles. The fraction of sp³-hybridized carbons (Fsp3) is 0.250. The van der Waals surface area contributed by atoms with Gasteiger partial charge in [0.15, 0.2) is 0 Å². The van der Waals surface area contributed by atoms with Crippen LogP contribution in [0.3, 0.4) is 0 Å². The number of hydrogen-bond acceptors (Lipinski definition) is 0. The van der Waals surface area contributed by atoms with Gasteiger partial charge in [0.25, 0.3) is 0 Å². The molecule has 0 bridgehead atoms. The number of hydrogen-bond donors (Lipinski definition) is 0. The van der Waals surface area contributed by atoms with Gasteiger partial charge in [-0.25, -0.2) is 8.78 Å².